The summed E-state index contributed by atoms with van der Waals surface area (Å²) in [5, 5.41) is 0. The maximum atomic E-state index is 14.0. The minimum absolute atomic E-state index is 0.331. The minimum Gasteiger partial charge on any atom is -0.492 e. The third-order valence-electron chi connectivity index (χ3n) is 5.09. The molecule has 1 heterocycles. The summed E-state index contributed by atoms with van der Waals surface area (Å²) in [5.74, 6) is -1.15. The van der Waals surface area contributed by atoms with Crippen LogP contribution in [0.3, 0.4) is 0 Å². The molecular formula is C24H32F3N3O5S. The Hall–Kier alpha value is -2.86. The molecule has 12 heteroatoms. The summed E-state index contributed by atoms with van der Waals surface area (Å²) in [6.45, 7) is 6.86. The molecule has 200 valence electrons. The van der Waals surface area contributed by atoms with Crippen LogP contribution in [0.1, 0.15) is 61.8 Å². The van der Waals surface area contributed by atoms with Crippen LogP contribution in [0.2, 0.25) is 0 Å². The van der Waals surface area contributed by atoms with Gasteiger partial charge in [-0.15, -0.1) is 0 Å². The van der Waals surface area contributed by atoms with Crippen molar-refractivity contribution in [2.24, 2.45) is 0 Å². The first-order valence-corrected chi connectivity index (χ1v) is 12.7. The van der Waals surface area contributed by atoms with E-state index in [0.717, 1.165) is 12.1 Å². The van der Waals surface area contributed by atoms with Gasteiger partial charge in [0.25, 0.3) is 5.91 Å². The molecule has 1 amide bonds. The molecule has 0 fully saturated rings. The van der Waals surface area contributed by atoms with Crippen LogP contribution in [0, 0.1) is 0 Å². The zero-order valence-electron chi connectivity index (χ0n) is 21.1. The van der Waals surface area contributed by atoms with Gasteiger partial charge in [-0.1, -0.05) is 0 Å². The number of nitrogens with zero attached hydrogens (tertiary/aromatic N) is 2. The average molecular weight is 532 g/mol. The fraction of sp³-hybridized carbons (Fsp3) is 0.500. The Morgan fingerprint density at radius 2 is 1.81 bits per heavy atom. The van der Waals surface area contributed by atoms with Crippen molar-refractivity contribution in [3.8, 4) is 11.5 Å². The highest BCUT2D eigenvalue weighted by atomic mass is 32.2. The molecule has 36 heavy (non-hydrogen) atoms. The Morgan fingerprint density at radius 3 is 2.31 bits per heavy atom. The van der Waals surface area contributed by atoms with E-state index in [1.807, 2.05) is 30.6 Å². The van der Waals surface area contributed by atoms with Crippen molar-refractivity contribution in [3.63, 3.8) is 0 Å². The lowest BCUT2D eigenvalue weighted by atomic mass is 10.1. The van der Waals surface area contributed by atoms with Gasteiger partial charge in [0.1, 0.15) is 17.6 Å². The van der Waals surface area contributed by atoms with Gasteiger partial charge in [0.05, 0.1) is 28.8 Å². The van der Waals surface area contributed by atoms with E-state index in [1.165, 1.54) is 27.0 Å². The summed E-state index contributed by atoms with van der Waals surface area (Å²) < 4.78 is 78.1. The molecular weight excluding hydrogens is 499 g/mol. The minimum atomic E-state index is -4.87. The summed E-state index contributed by atoms with van der Waals surface area (Å²) in [4.78, 5) is 18.6. The van der Waals surface area contributed by atoms with Crippen LogP contribution in [0.15, 0.2) is 36.5 Å². The second-order valence-electron chi connectivity index (χ2n) is 9.31. The van der Waals surface area contributed by atoms with Crippen molar-refractivity contribution in [2.75, 3.05) is 27.2 Å². The number of hydrogen-bond acceptors (Lipinski definition) is 7. The quantitative estimate of drug-likeness (QED) is 0.484. The third-order valence-corrected chi connectivity index (χ3v) is 7.15. The molecule has 0 aliphatic rings. The highest BCUT2D eigenvalue weighted by molar-refractivity contribution is 7.91. The second kappa shape index (κ2) is 11.5. The number of alkyl halides is 3. The number of halogens is 3. The number of sulfonamides is 1. The molecule has 1 unspecified atom stereocenters. The van der Waals surface area contributed by atoms with E-state index in [2.05, 4.69) is 4.98 Å². The van der Waals surface area contributed by atoms with Gasteiger partial charge in [0.15, 0.2) is 0 Å². The topological polar surface area (TPSA) is 97.8 Å². The Bertz CT molecular complexity index is 1150. The normalized spacial score (nSPS) is 13.4. The average Bonchev–Trinajstić information content (AvgIpc) is 2.75. The summed E-state index contributed by atoms with van der Waals surface area (Å²) >= 11 is 0. The van der Waals surface area contributed by atoms with E-state index in [-0.39, 0.29) is 0 Å². The zero-order chi connectivity index (χ0) is 27.3. The van der Waals surface area contributed by atoms with Gasteiger partial charge in [-0.2, -0.15) is 13.2 Å². The summed E-state index contributed by atoms with van der Waals surface area (Å²) in [5.41, 5.74) is -1.26. The molecule has 0 aliphatic heterocycles. The fourth-order valence-electron chi connectivity index (χ4n) is 2.96. The lowest BCUT2D eigenvalue weighted by molar-refractivity contribution is -0.139. The molecule has 0 bridgehead atoms. The van der Waals surface area contributed by atoms with Crippen LogP contribution >= 0.6 is 0 Å². The van der Waals surface area contributed by atoms with E-state index >= 15 is 0 Å². The maximum Gasteiger partial charge on any atom is 0.419 e. The van der Waals surface area contributed by atoms with Gasteiger partial charge in [-0.3, -0.25) is 9.78 Å². The summed E-state index contributed by atoms with van der Waals surface area (Å²) in [7, 11) is -0.473. The van der Waals surface area contributed by atoms with E-state index in [9.17, 15) is 26.4 Å². The van der Waals surface area contributed by atoms with Gasteiger partial charge in [0, 0.05) is 18.5 Å². The lowest BCUT2D eigenvalue weighted by Crippen LogP contribution is -2.42. The monoisotopic (exact) mass is 531 g/mol. The lowest BCUT2D eigenvalue weighted by Gasteiger charge is -2.23. The van der Waals surface area contributed by atoms with E-state index < -0.39 is 49.8 Å². The molecule has 1 atom stereocenters. The number of hydrogen-bond donors (Lipinski definition) is 1. The summed E-state index contributed by atoms with van der Waals surface area (Å²) in [6.07, 6.45) is -3.90. The zero-order valence-corrected chi connectivity index (χ0v) is 22.0. The Labute approximate surface area is 209 Å². The van der Waals surface area contributed by atoms with Gasteiger partial charge in [-0.05, 0) is 72.1 Å². The van der Waals surface area contributed by atoms with Crippen LogP contribution in [0.5, 0.6) is 11.5 Å². The maximum absolute atomic E-state index is 14.0. The molecule has 1 aromatic carbocycles. The van der Waals surface area contributed by atoms with E-state index in [0.29, 0.717) is 37.1 Å². The number of rotatable bonds is 10. The van der Waals surface area contributed by atoms with Crippen molar-refractivity contribution in [1.82, 2.24) is 14.6 Å². The Kier molecular flexibility index (Phi) is 9.35. The van der Waals surface area contributed by atoms with Gasteiger partial charge >= 0.3 is 6.18 Å². The number of pyridine rings is 1. The second-order valence-corrected chi connectivity index (χ2v) is 11.7. The van der Waals surface area contributed by atoms with Gasteiger partial charge in [-0.25, -0.2) is 13.1 Å². The molecule has 1 N–H and O–H groups in total. The highest BCUT2D eigenvalue weighted by Gasteiger charge is 2.37. The van der Waals surface area contributed by atoms with Crippen molar-refractivity contribution in [3.05, 3.63) is 53.3 Å². The predicted octanol–water partition coefficient (Wildman–Crippen LogP) is 4.43. The number of nitrogens with one attached hydrogen (secondary N) is 1. The van der Waals surface area contributed by atoms with Gasteiger partial charge in [0.2, 0.25) is 10.0 Å². The first kappa shape index (κ1) is 29.4. The number of aromatic nitrogens is 1. The fourth-order valence-corrected chi connectivity index (χ4v) is 3.63. The Balaban J connectivity index is 2.43. The molecule has 1 aromatic heterocycles. The number of carbonyl (C=O) groups is 1. The van der Waals surface area contributed by atoms with Crippen molar-refractivity contribution >= 4 is 15.9 Å². The van der Waals surface area contributed by atoms with Crippen LogP contribution in [0.4, 0.5) is 13.2 Å². The van der Waals surface area contributed by atoms with Gasteiger partial charge < -0.3 is 14.4 Å². The van der Waals surface area contributed by atoms with Crippen molar-refractivity contribution in [2.45, 2.75) is 51.1 Å². The van der Waals surface area contributed by atoms with Crippen molar-refractivity contribution in [1.29, 1.82) is 0 Å². The van der Waals surface area contributed by atoms with Crippen molar-refractivity contribution < 1.29 is 35.9 Å². The van der Waals surface area contributed by atoms with E-state index in [1.54, 1.807) is 12.1 Å². The number of carbonyl (C=O) groups excluding carboxylic acids is 1. The third kappa shape index (κ3) is 7.82. The molecule has 0 spiro atoms. The first-order chi connectivity index (χ1) is 16.5. The highest BCUT2D eigenvalue weighted by Crippen LogP contribution is 2.39. The number of ether oxygens (including phenoxy) is 2. The molecule has 2 rings (SSSR count). The molecule has 0 aliphatic carbocycles. The molecule has 0 saturated heterocycles. The molecule has 2 aromatic rings. The predicted molar refractivity (Wildman–Crippen MR) is 130 cm³/mol. The molecule has 0 saturated carbocycles. The van der Waals surface area contributed by atoms with E-state index in [4.69, 9.17) is 9.47 Å². The molecule has 0 radical (unpaired) electrons. The van der Waals surface area contributed by atoms with Crippen LogP contribution in [-0.4, -0.2) is 56.2 Å². The van der Waals surface area contributed by atoms with Crippen LogP contribution in [0.25, 0.3) is 0 Å². The first-order valence-electron chi connectivity index (χ1n) is 11.2. The standard InChI is InChI=1S/C24H32F3N3O5S/c1-7-34-17-9-10-19(28-15-17)21(12-13-30(5)6)35-20-11-8-16(14-18(20)24(25,26)27)22(31)29-36(32,33)23(2,3)4/h8-11,14-15,21H,7,12-13H2,1-6H3,(H,29,31). The largest absolute Gasteiger partial charge is 0.492 e. The number of amides is 1. The molecule has 8 nitrogen and oxygen atoms in total. The smallest absolute Gasteiger partial charge is 0.419 e. The Morgan fingerprint density at radius 1 is 1.14 bits per heavy atom. The number of benzene rings is 1. The van der Waals surface area contributed by atoms with Crippen LogP contribution in [-0.2, 0) is 16.2 Å². The summed E-state index contributed by atoms with van der Waals surface area (Å²) in [6, 6.07) is 5.96. The van der Waals surface area contributed by atoms with Crippen LogP contribution < -0.4 is 14.2 Å². The SMILES string of the molecule is CCOc1ccc(C(CCN(C)C)Oc2ccc(C(=O)NS(=O)(=O)C(C)(C)C)cc2C(F)(F)F)nc1.